The van der Waals surface area contributed by atoms with Crippen molar-refractivity contribution in [3.63, 3.8) is 0 Å². The molecule has 0 unspecified atom stereocenters. The van der Waals surface area contributed by atoms with Gasteiger partial charge in [-0.3, -0.25) is 0 Å². The van der Waals surface area contributed by atoms with E-state index in [0.717, 1.165) is 18.3 Å². The van der Waals surface area contributed by atoms with Crippen LogP contribution in [0, 0.1) is 11.6 Å². The van der Waals surface area contributed by atoms with E-state index in [1.54, 1.807) is 18.2 Å². The number of nitrogens with one attached hydrogen (secondary N) is 2. The first-order valence-electron chi connectivity index (χ1n) is 10.8. The van der Waals surface area contributed by atoms with E-state index in [9.17, 15) is 18.1 Å². The van der Waals surface area contributed by atoms with Crippen molar-refractivity contribution in [3.8, 4) is 17.0 Å². The highest BCUT2D eigenvalue weighted by molar-refractivity contribution is 7.98. The molecule has 3 aromatic rings. The lowest BCUT2D eigenvalue weighted by Crippen LogP contribution is -2.13. The molecule has 2 heterocycles. The molecule has 1 aliphatic heterocycles. The van der Waals surface area contributed by atoms with Crippen molar-refractivity contribution >= 4 is 33.5 Å². The standard InChI is InChI=1S/C23H25F2N5O4S/c1-35(33,30-23(31)32)13-14-8-16-11-17(9-14)28-22-27-12-19(25)21(29-22)18-5-4-15(24)10-20(18)34-7-3-2-6-26-16/h4-5,8-12,26,35H,2-3,6-7,13H2,1H3,(H,30,33)(H,31,32)(H,27,28,29). The number of anilines is 3. The van der Waals surface area contributed by atoms with E-state index in [2.05, 4.69) is 25.0 Å². The van der Waals surface area contributed by atoms with Gasteiger partial charge in [-0.05, 0) is 55.0 Å². The maximum absolute atomic E-state index is 14.7. The summed E-state index contributed by atoms with van der Waals surface area (Å²) in [6.07, 6.45) is 2.40. The van der Waals surface area contributed by atoms with Crippen molar-refractivity contribution in [3.05, 3.63) is 59.8 Å². The Labute approximate surface area is 201 Å². The maximum Gasteiger partial charge on any atom is 0.437 e. The molecular weight excluding hydrogens is 480 g/mol. The predicted octanol–water partition coefficient (Wildman–Crippen LogP) is 5.10. The molecule has 12 heteroatoms. The molecule has 0 fully saturated rings. The molecule has 1 aromatic heterocycles. The number of benzene rings is 2. The molecule has 0 spiro atoms. The van der Waals surface area contributed by atoms with Gasteiger partial charge in [-0.2, -0.15) is 4.36 Å². The molecule has 2 aromatic carbocycles. The lowest BCUT2D eigenvalue weighted by molar-refractivity contribution is 0.206. The Kier molecular flexibility index (Phi) is 7.22. The van der Waals surface area contributed by atoms with Crippen LogP contribution in [-0.4, -0.2) is 45.1 Å². The second-order valence-electron chi connectivity index (χ2n) is 8.19. The molecule has 35 heavy (non-hydrogen) atoms. The number of halogens is 2. The number of thiol groups is 1. The highest BCUT2D eigenvalue weighted by Crippen LogP contribution is 2.33. The van der Waals surface area contributed by atoms with Crippen molar-refractivity contribution in [1.82, 2.24) is 9.97 Å². The first-order chi connectivity index (χ1) is 16.7. The zero-order chi connectivity index (χ0) is 25.0. The van der Waals surface area contributed by atoms with Gasteiger partial charge in [-0.25, -0.2) is 23.5 Å². The summed E-state index contributed by atoms with van der Waals surface area (Å²) in [6, 6.07) is 9.15. The molecule has 186 valence electrons. The van der Waals surface area contributed by atoms with Crippen molar-refractivity contribution in [2.75, 3.05) is 30.0 Å². The number of amides is 1. The Morgan fingerprint density at radius 1 is 1.20 bits per heavy atom. The highest BCUT2D eigenvalue weighted by Gasteiger charge is 2.17. The Balaban J connectivity index is 1.76. The van der Waals surface area contributed by atoms with Crippen LogP contribution < -0.4 is 15.4 Å². The minimum Gasteiger partial charge on any atom is -0.493 e. The summed E-state index contributed by atoms with van der Waals surface area (Å²) in [6.45, 7) is 0.900. The van der Waals surface area contributed by atoms with Crippen molar-refractivity contribution < 1.29 is 28.0 Å². The largest absolute Gasteiger partial charge is 0.493 e. The number of hydrogen-bond acceptors (Lipinski definition) is 6. The van der Waals surface area contributed by atoms with E-state index in [0.29, 0.717) is 36.4 Å². The number of fused-ring (bicyclic) bond motifs is 6. The summed E-state index contributed by atoms with van der Waals surface area (Å²) in [4.78, 5) is 19.3. The van der Waals surface area contributed by atoms with Crippen LogP contribution in [0.3, 0.4) is 0 Å². The molecule has 0 saturated carbocycles. The fourth-order valence-electron chi connectivity index (χ4n) is 3.72. The molecule has 9 nitrogen and oxygen atoms in total. The minimum absolute atomic E-state index is 0.0454. The normalized spacial score (nSPS) is 14.2. The molecule has 0 radical (unpaired) electrons. The van der Waals surface area contributed by atoms with Gasteiger partial charge in [0.05, 0.1) is 12.8 Å². The summed E-state index contributed by atoms with van der Waals surface area (Å²) in [5.74, 6) is -0.873. The van der Waals surface area contributed by atoms with Crippen LogP contribution in [0.4, 0.5) is 30.9 Å². The molecule has 0 saturated heterocycles. The van der Waals surface area contributed by atoms with E-state index in [4.69, 9.17) is 9.84 Å². The van der Waals surface area contributed by atoms with E-state index < -0.39 is 27.8 Å². The van der Waals surface area contributed by atoms with Gasteiger partial charge in [0.15, 0.2) is 5.82 Å². The minimum atomic E-state index is -3.09. The van der Waals surface area contributed by atoms with Crippen LogP contribution in [-0.2, 0) is 15.9 Å². The van der Waals surface area contributed by atoms with Crippen LogP contribution in [0.5, 0.6) is 5.75 Å². The van der Waals surface area contributed by atoms with E-state index in [-0.39, 0.29) is 23.1 Å². The Hall–Kier alpha value is -3.64. The summed E-state index contributed by atoms with van der Waals surface area (Å²) < 4.78 is 48.2. The molecule has 4 N–H and O–H groups in total. The van der Waals surface area contributed by atoms with E-state index in [1.807, 2.05) is 0 Å². The topological polar surface area (TPSA) is 129 Å². The van der Waals surface area contributed by atoms with Crippen LogP contribution in [0.25, 0.3) is 11.3 Å². The van der Waals surface area contributed by atoms with E-state index >= 15 is 0 Å². The summed E-state index contributed by atoms with van der Waals surface area (Å²) in [7, 11) is -3.09. The van der Waals surface area contributed by atoms with Crippen LogP contribution in [0.2, 0.25) is 0 Å². The van der Waals surface area contributed by atoms with Crippen molar-refractivity contribution in [2.24, 2.45) is 4.36 Å². The van der Waals surface area contributed by atoms with E-state index in [1.165, 1.54) is 24.5 Å². The van der Waals surface area contributed by atoms with Gasteiger partial charge in [-0.15, -0.1) is 0 Å². The second-order valence-corrected chi connectivity index (χ2v) is 10.9. The summed E-state index contributed by atoms with van der Waals surface area (Å²) >= 11 is 0. The number of carboxylic acid groups (broad SMARTS) is 1. The number of nitrogens with zero attached hydrogens (tertiary/aromatic N) is 3. The third-order valence-corrected chi connectivity index (χ3v) is 6.70. The Bertz CT molecular complexity index is 1320. The van der Waals surface area contributed by atoms with Gasteiger partial charge in [0.1, 0.15) is 17.3 Å². The van der Waals surface area contributed by atoms with Crippen molar-refractivity contribution in [2.45, 2.75) is 18.6 Å². The lowest BCUT2D eigenvalue weighted by Gasteiger charge is -2.19. The van der Waals surface area contributed by atoms with Gasteiger partial charge in [0, 0.05) is 35.3 Å². The SMILES string of the molecule is C[SH](O)(Cc1cc2cc(c1)Nc1ncc(F)c(n1)-c1ccc(F)cc1OCCCCN2)=NC(=O)O. The van der Waals surface area contributed by atoms with Gasteiger partial charge in [0.25, 0.3) is 0 Å². The van der Waals surface area contributed by atoms with Crippen LogP contribution >= 0.6 is 0 Å². The lowest BCUT2D eigenvalue weighted by atomic mass is 10.1. The number of rotatable bonds is 2. The maximum atomic E-state index is 14.7. The monoisotopic (exact) mass is 505 g/mol. The van der Waals surface area contributed by atoms with Gasteiger partial charge < -0.3 is 25.0 Å². The number of hydrogen-bond donors (Lipinski definition) is 5. The fourth-order valence-corrected chi connectivity index (χ4v) is 5.04. The average molecular weight is 506 g/mol. The molecule has 0 atom stereocenters. The fraction of sp³-hybridized carbons (Fsp3) is 0.261. The molecule has 1 amide bonds. The highest BCUT2D eigenvalue weighted by atomic mass is 32.3. The Morgan fingerprint density at radius 3 is 2.80 bits per heavy atom. The zero-order valence-electron chi connectivity index (χ0n) is 18.8. The van der Waals surface area contributed by atoms with Crippen LogP contribution in [0.1, 0.15) is 18.4 Å². The summed E-state index contributed by atoms with van der Waals surface area (Å²) in [5, 5.41) is 15.3. The second kappa shape index (κ2) is 10.3. The first-order valence-corrected chi connectivity index (χ1v) is 13.2. The zero-order valence-corrected chi connectivity index (χ0v) is 19.7. The molecule has 1 aliphatic rings. The van der Waals surface area contributed by atoms with Gasteiger partial charge in [0.2, 0.25) is 5.95 Å². The predicted molar refractivity (Wildman–Crippen MR) is 132 cm³/mol. The number of ether oxygens (including phenoxy) is 1. The van der Waals surface area contributed by atoms with Gasteiger partial charge >= 0.3 is 6.09 Å². The number of aromatic nitrogens is 2. The van der Waals surface area contributed by atoms with Crippen LogP contribution in [0.15, 0.2) is 47.0 Å². The van der Waals surface area contributed by atoms with Crippen molar-refractivity contribution in [1.29, 1.82) is 0 Å². The quantitative estimate of drug-likeness (QED) is 0.304. The molecular formula is C23H25F2N5O4S. The first kappa shape index (κ1) is 24.5. The summed E-state index contributed by atoms with van der Waals surface area (Å²) in [5.41, 5.74) is 2.17. The van der Waals surface area contributed by atoms with Gasteiger partial charge in [-0.1, -0.05) is 10.1 Å². The smallest absolute Gasteiger partial charge is 0.437 e. The third-order valence-electron chi connectivity index (χ3n) is 5.13. The average Bonchev–Trinajstić information content (AvgIpc) is 2.76. The number of carbonyl (C=O) groups is 1. The molecule has 0 aliphatic carbocycles. The Morgan fingerprint density at radius 2 is 2.00 bits per heavy atom. The third kappa shape index (κ3) is 6.49. The molecule has 4 rings (SSSR count). The molecule has 4 bridgehead atoms.